The summed E-state index contributed by atoms with van der Waals surface area (Å²) in [5, 5.41) is 15.3. The number of para-hydroxylation sites is 1. The van der Waals surface area contributed by atoms with Gasteiger partial charge >= 0.3 is 0 Å². The van der Waals surface area contributed by atoms with E-state index in [4.69, 9.17) is 14.7 Å². The van der Waals surface area contributed by atoms with E-state index in [1.165, 1.54) is 5.56 Å². The molecular weight excluding hydrogens is 472 g/mol. The minimum Gasteiger partial charge on any atom is -0.508 e. The molecule has 8 nitrogen and oxygen atoms in total. The van der Waals surface area contributed by atoms with E-state index < -0.39 is 0 Å². The lowest BCUT2D eigenvalue weighted by Crippen LogP contribution is -2.38. The fourth-order valence-corrected chi connectivity index (χ4v) is 5.75. The number of phenols is 1. The van der Waals surface area contributed by atoms with E-state index in [0.717, 1.165) is 77.8 Å². The Morgan fingerprint density at radius 1 is 1.08 bits per heavy atom. The monoisotopic (exact) mass is 500 g/mol. The fraction of sp³-hybridized carbons (Fsp3) is 0.296. The molecule has 36 heavy (non-hydrogen) atoms. The van der Waals surface area contributed by atoms with Crippen LogP contribution in [0.4, 0.5) is 11.8 Å². The molecule has 0 aliphatic carbocycles. The van der Waals surface area contributed by atoms with Gasteiger partial charge in [-0.1, -0.05) is 30.3 Å². The topological polar surface area (TPSA) is 87.8 Å². The highest BCUT2D eigenvalue weighted by Gasteiger charge is 2.23. The van der Waals surface area contributed by atoms with Crippen molar-refractivity contribution < 1.29 is 9.84 Å². The molecule has 1 fully saturated rings. The van der Waals surface area contributed by atoms with Crippen molar-refractivity contribution in [3.05, 3.63) is 77.1 Å². The van der Waals surface area contributed by atoms with E-state index in [2.05, 4.69) is 38.3 Å². The van der Waals surface area contributed by atoms with E-state index in [0.29, 0.717) is 12.5 Å². The number of anilines is 2. The Morgan fingerprint density at radius 3 is 2.78 bits per heavy atom. The number of hydrazone groups is 1. The van der Waals surface area contributed by atoms with Gasteiger partial charge in [0, 0.05) is 53.6 Å². The number of aromatic hydroxyl groups is 1. The lowest BCUT2D eigenvalue weighted by atomic mass is 10.1. The summed E-state index contributed by atoms with van der Waals surface area (Å²) in [6, 6.07) is 15.6. The number of rotatable bonds is 6. The van der Waals surface area contributed by atoms with Gasteiger partial charge in [0.1, 0.15) is 11.6 Å². The van der Waals surface area contributed by atoms with E-state index in [9.17, 15) is 5.11 Å². The van der Waals surface area contributed by atoms with Crippen molar-refractivity contribution in [2.45, 2.75) is 18.7 Å². The third-order valence-electron chi connectivity index (χ3n) is 6.59. The average Bonchev–Trinajstić information content (AvgIpc) is 3.27. The highest BCUT2D eigenvalue weighted by Crippen LogP contribution is 2.32. The van der Waals surface area contributed by atoms with Crippen LogP contribution in [0.2, 0.25) is 0 Å². The summed E-state index contributed by atoms with van der Waals surface area (Å²) in [5.41, 5.74) is 8.73. The van der Waals surface area contributed by atoms with Crippen molar-refractivity contribution in [3.8, 4) is 5.75 Å². The quantitative estimate of drug-likeness (QED) is 0.302. The zero-order chi connectivity index (χ0) is 24.3. The largest absolute Gasteiger partial charge is 0.508 e. The third-order valence-corrected chi connectivity index (χ3v) is 7.57. The second-order valence-corrected chi connectivity index (χ2v) is 10.1. The van der Waals surface area contributed by atoms with Gasteiger partial charge in [-0.15, -0.1) is 0 Å². The molecule has 1 saturated heterocycles. The number of hydrogen-bond acceptors (Lipinski definition) is 8. The summed E-state index contributed by atoms with van der Waals surface area (Å²) in [6.45, 7) is 3.84. The van der Waals surface area contributed by atoms with E-state index in [-0.39, 0.29) is 5.75 Å². The van der Waals surface area contributed by atoms with Gasteiger partial charge in [0.25, 0.3) is 0 Å². The summed E-state index contributed by atoms with van der Waals surface area (Å²) in [6.07, 6.45) is 4.89. The number of aromatic nitrogens is 3. The second-order valence-electron chi connectivity index (χ2n) is 8.96. The maximum Gasteiger partial charge on any atom is 0.245 e. The molecule has 2 aromatic carbocycles. The van der Waals surface area contributed by atoms with Crippen molar-refractivity contribution in [2.75, 3.05) is 42.4 Å². The molecule has 2 aromatic heterocycles. The summed E-state index contributed by atoms with van der Waals surface area (Å²) in [7, 11) is 0. The Kier molecular flexibility index (Phi) is 6.48. The van der Waals surface area contributed by atoms with E-state index >= 15 is 0 Å². The molecule has 0 atom stereocenters. The highest BCUT2D eigenvalue weighted by atomic mass is 32.2. The first-order valence-electron chi connectivity index (χ1n) is 12.2. The molecule has 0 radical (unpaired) electrons. The fourth-order valence-electron chi connectivity index (χ4n) is 4.77. The van der Waals surface area contributed by atoms with Crippen LogP contribution < -0.4 is 10.3 Å². The number of benzene rings is 2. The van der Waals surface area contributed by atoms with Crippen molar-refractivity contribution >= 4 is 40.6 Å². The lowest BCUT2D eigenvalue weighted by Gasteiger charge is -2.31. The summed E-state index contributed by atoms with van der Waals surface area (Å²) < 4.78 is 7.75. The second kappa shape index (κ2) is 10.2. The zero-order valence-corrected chi connectivity index (χ0v) is 20.7. The van der Waals surface area contributed by atoms with Crippen LogP contribution in [0.3, 0.4) is 0 Å². The van der Waals surface area contributed by atoms with Gasteiger partial charge in [0.2, 0.25) is 5.95 Å². The van der Waals surface area contributed by atoms with Crippen molar-refractivity contribution in [2.24, 2.45) is 5.10 Å². The first-order valence-corrected chi connectivity index (χ1v) is 13.4. The summed E-state index contributed by atoms with van der Waals surface area (Å²) >= 11 is 1.94. The number of aryl methyl sites for hydroxylation is 1. The summed E-state index contributed by atoms with van der Waals surface area (Å²) in [5.74, 6) is 3.85. The average molecular weight is 501 g/mol. The first kappa shape index (κ1) is 22.9. The Morgan fingerprint density at radius 2 is 1.92 bits per heavy atom. The van der Waals surface area contributed by atoms with Crippen LogP contribution in [0.25, 0.3) is 10.9 Å². The highest BCUT2D eigenvalue weighted by molar-refractivity contribution is 7.98. The van der Waals surface area contributed by atoms with Gasteiger partial charge in [-0.3, -0.25) is 0 Å². The molecule has 184 valence electrons. The SMILES string of the molecule is Oc1ccc(Cn2cc(/C=N/Nc3nc4c(c(N5CCOCC5)n3)CSCC4)c3ccccc32)cc1. The number of nitrogens with zero attached hydrogens (tertiary/aromatic N) is 5. The lowest BCUT2D eigenvalue weighted by molar-refractivity contribution is 0.122. The number of phenolic OH excluding ortho intramolecular Hbond substituents is 1. The van der Waals surface area contributed by atoms with Crippen LogP contribution in [-0.2, 0) is 23.5 Å². The third kappa shape index (κ3) is 4.76. The Hall–Kier alpha value is -3.56. The minimum absolute atomic E-state index is 0.273. The van der Waals surface area contributed by atoms with Gasteiger partial charge in [0.05, 0.1) is 25.1 Å². The molecule has 2 aliphatic rings. The molecule has 9 heteroatoms. The number of fused-ring (bicyclic) bond motifs is 2. The van der Waals surface area contributed by atoms with Crippen molar-refractivity contribution in [3.63, 3.8) is 0 Å². The maximum absolute atomic E-state index is 9.60. The predicted octanol–water partition coefficient (Wildman–Crippen LogP) is 4.26. The van der Waals surface area contributed by atoms with E-state index in [1.54, 1.807) is 12.1 Å². The maximum atomic E-state index is 9.60. The first-order chi connectivity index (χ1) is 17.7. The molecule has 2 aliphatic heterocycles. The molecule has 4 aromatic rings. The smallest absolute Gasteiger partial charge is 0.245 e. The number of hydrogen-bond donors (Lipinski definition) is 2. The van der Waals surface area contributed by atoms with E-state index in [1.807, 2.05) is 42.2 Å². The van der Waals surface area contributed by atoms with Gasteiger partial charge in [0.15, 0.2) is 0 Å². The van der Waals surface area contributed by atoms with Gasteiger partial charge in [-0.25, -0.2) is 10.4 Å². The van der Waals surface area contributed by atoms with Gasteiger partial charge in [-0.05, 0) is 35.9 Å². The van der Waals surface area contributed by atoms with Crippen LogP contribution in [0.15, 0.2) is 59.8 Å². The number of nitrogens with one attached hydrogen (secondary N) is 1. The normalized spacial score (nSPS) is 15.9. The van der Waals surface area contributed by atoms with Crippen LogP contribution in [0.1, 0.15) is 22.4 Å². The Balaban J connectivity index is 1.26. The number of thioether (sulfide) groups is 1. The minimum atomic E-state index is 0.273. The standard InChI is InChI=1S/C27H28N6O2S/c34-21-7-5-19(6-8-21)16-33-17-20(22-3-1-2-4-25(22)33)15-28-31-27-29-24-9-14-36-18-23(24)26(30-27)32-10-12-35-13-11-32/h1-8,15,17,34H,9-14,16,18H2,(H,29,30,31)/b28-15+. The Labute approximate surface area is 214 Å². The van der Waals surface area contributed by atoms with Crippen LogP contribution in [0, 0.1) is 0 Å². The summed E-state index contributed by atoms with van der Waals surface area (Å²) in [4.78, 5) is 12.0. The zero-order valence-electron chi connectivity index (χ0n) is 19.9. The van der Waals surface area contributed by atoms with Crippen molar-refractivity contribution in [1.29, 1.82) is 0 Å². The molecule has 2 N–H and O–H groups in total. The molecule has 0 unspecified atom stereocenters. The molecule has 4 heterocycles. The van der Waals surface area contributed by atoms with Crippen molar-refractivity contribution in [1.82, 2.24) is 14.5 Å². The Bertz CT molecular complexity index is 1400. The van der Waals surface area contributed by atoms with Gasteiger partial charge in [-0.2, -0.15) is 21.8 Å². The predicted molar refractivity (Wildman–Crippen MR) is 145 cm³/mol. The number of ether oxygens (including phenoxy) is 1. The molecule has 6 rings (SSSR count). The molecular formula is C27H28N6O2S. The van der Waals surface area contributed by atoms with Crippen LogP contribution >= 0.6 is 11.8 Å². The molecule has 0 saturated carbocycles. The molecule has 0 spiro atoms. The van der Waals surface area contributed by atoms with Crippen LogP contribution in [0.5, 0.6) is 5.75 Å². The van der Waals surface area contributed by atoms with Gasteiger partial charge < -0.3 is 19.3 Å². The molecule has 0 amide bonds. The van der Waals surface area contributed by atoms with Crippen LogP contribution in [-0.4, -0.2) is 57.9 Å². The molecule has 0 bridgehead atoms. The number of morpholine rings is 1.